The maximum absolute atomic E-state index is 12.3. The molecule has 1 amide bonds. The Morgan fingerprint density at radius 1 is 1.20 bits per heavy atom. The molecule has 0 aromatic heterocycles. The quantitative estimate of drug-likeness (QED) is 0.614. The number of hydrogen-bond donors (Lipinski definition) is 2. The maximum Gasteiger partial charge on any atom is 0.246 e. The van der Waals surface area contributed by atoms with Gasteiger partial charge >= 0.3 is 0 Å². The Kier molecular flexibility index (Phi) is 5.92. The molecule has 0 saturated carbocycles. The summed E-state index contributed by atoms with van der Waals surface area (Å²) >= 11 is 0. The second-order valence-electron chi connectivity index (χ2n) is 6.11. The highest BCUT2D eigenvalue weighted by molar-refractivity contribution is 5.92. The second kappa shape index (κ2) is 7.76. The Balaban J connectivity index is 2.15. The molecule has 0 bridgehead atoms. The summed E-state index contributed by atoms with van der Waals surface area (Å²) in [6, 6.07) is 3.49. The predicted octanol–water partition coefficient (Wildman–Crippen LogP) is 1.27. The number of nitrogens with zero attached hydrogens (tertiary/aromatic N) is 1. The van der Waals surface area contributed by atoms with Crippen molar-refractivity contribution in [1.82, 2.24) is 4.90 Å². The third-order valence-electron chi connectivity index (χ3n) is 4.45. The van der Waals surface area contributed by atoms with Crippen LogP contribution in [0.25, 0.3) is 6.08 Å². The molecular weight excluding hydrogens is 326 g/mol. The average Bonchev–Trinajstić information content (AvgIpc) is 2.60. The largest absolute Gasteiger partial charge is 0.493 e. The summed E-state index contributed by atoms with van der Waals surface area (Å²) in [5, 5.41) is 19.6. The minimum atomic E-state index is -1.71. The van der Waals surface area contributed by atoms with Crippen LogP contribution in [-0.4, -0.2) is 61.2 Å². The van der Waals surface area contributed by atoms with E-state index in [1.165, 1.54) is 27.4 Å². The zero-order chi connectivity index (χ0) is 18.6. The van der Waals surface area contributed by atoms with Crippen molar-refractivity contribution >= 4 is 12.0 Å². The fourth-order valence-electron chi connectivity index (χ4n) is 2.78. The monoisotopic (exact) mass is 351 g/mol. The normalized spacial score (nSPS) is 19.8. The molecule has 1 aliphatic rings. The summed E-state index contributed by atoms with van der Waals surface area (Å²) in [5.74, 6) is -0.801. The summed E-state index contributed by atoms with van der Waals surface area (Å²) in [6.45, 7) is 2.31. The molecule has 1 unspecified atom stereocenters. The molecule has 1 aromatic rings. The van der Waals surface area contributed by atoms with Gasteiger partial charge in [0.05, 0.1) is 21.3 Å². The Labute approximate surface area is 147 Å². The van der Waals surface area contributed by atoms with Crippen LogP contribution in [0.2, 0.25) is 0 Å². The first-order valence-electron chi connectivity index (χ1n) is 8.04. The van der Waals surface area contributed by atoms with Crippen LogP contribution in [0, 0.1) is 5.92 Å². The lowest BCUT2D eigenvalue weighted by Gasteiger charge is -2.39. The van der Waals surface area contributed by atoms with E-state index < -0.39 is 11.7 Å². The van der Waals surface area contributed by atoms with Crippen molar-refractivity contribution < 1.29 is 29.2 Å². The predicted molar refractivity (Wildman–Crippen MR) is 92.7 cm³/mol. The van der Waals surface area contributed by atoms with Gasteiger partial charge in [-0.15, -0.1) is 0 Å². The number of carbonyl (C=O) groups is 1. The van der Waals surface area contributed by atoms with Crippen molar-refractivity contribution in [1.29, 1.82) is 0 Å². The van der Waals surface area contributed by atoms with Gasteiger partial charge in [0.1, 0.15) is 0 Å². The van der Waals surface area contributed by atoms with E-state index in [0.29, 0.717) is 30.3 Å². The number of carbonyl (C=O) groups excluding carboxylic acids is 1. The van der Waals surface area contributed by atoms with E-state index in [1.807, 2.05) is 0 Å². The number of ether oxygens (including phenoxy) is 3. The summed E-state index contributed by atoms with van der Waals surface area (Å²) in [6.07, 6.45) is 3.25. The summed E-state index contributed by atoms with van der Waals surface area (Å²) < 4.78 is 15.8. The fourth-order valence-corrected chi connectivity index (χ4v) is 2.78. The van der Waals surface area contributed by atoms with E-state index in [4.69, 9.17) is 14.2 Å². The molecular formula is C18H25NO6. The molecule has 0 radical (unpaired) electrons. The molecule has 7 heteroatoms. The molecule has 0 aliphatic carbocycles. The molecule has 1 aliphatic heterocycles. The molecule has 25 heavy (non-hydrogen) atoms. The number of aliphatic hydroxyl groups is 2. The van der Waals surface area contributed by atoms with Gasteiger partial charge in [0.15, 0.2) is 17.3 Å². The molecule has 2 N–H and O–H groups in total. The maximum atomic E-state index is 12.3. The van der Waals surface area contributed by atoms with E-state index >= 15 is 0 Å². The van der Waals surface area contributed by atoms with Gasteiger partial charge in [-0.05, 0) is 23.8 Å². The zero-order valence-electron chi connectivity index (χ0n) is 15.0. The average molecular weight is 351 g/mol. The Hall–Kier alpha value is -2.25. The van der Waals surface area contributed by atoms with Crippen molar-refractivity contribution in [3.63, 3.8) is 0 Å². The summed E-state index contributed by atoms with van der Waals surface area (Å²) in [7, 11) is 4.58. The number of rotatable bonds is 5. The lowest BCUT2D eigenvalue weighted by molar-refractivity contribution is -0.220. The molecule has 1 aromatic carbocycles. The molecule has 1 atom stereocenters. The Morgan fingerprint density at radius 2 is 1.80 bits per heavy atom. The van der Waals surface area contributed by atoms with Crippen molar-refractivity contribution in [3.8, 4) is 17.2 Å². The van der Waals surface area contributed by atoms with E-state index in [9.17, 15) is 15.0 Å². The number of hydrogen-bond acceptors (Lipinski definition) is 6. The van der Waals surface area contributed by atoms with Crippen LogP contribution in [0.3, 0.4) is 0 Å². The number of methoxy groups -OCH3 is 3. The van der Waals surface area contributed by atoms with Crippen LogP contribution in [0.4, 0.5) is 0 Å². The highest BCUT2D eigenvalue weighted by atomic mass is 16.5. The van der Waals surface area contributed by atoms with Gasteiger partial charge in [-0.1, -0.05) is 6.92 Å². The van der Waals surface area contributed by atoms with Crippen LogP contribution in [0.5, 0.6) is 17.2 Å². The molecule has 1 fully saturated rings. The molecule has 7 nitrogen and oxygen atoms in total. The van der Waals surface area contributed by atoms with Crippen molar-refractivity contribution in [2.75, 3.05) is 34.4 Å². The van der Waals surface area contributed by atoms with Gasteiger partial charge in [0.25, 0.3) is 0 Å². The first-order valence-corrected chi connectivity index (χ1v) is 8.04. The first-order chi connectivity index (χ1) is 11.8. The van der Waals surface area contributed by atoms with Crippen LogP contribution in [0.1, 0.15) is 18.9 Å². The number of piperidine rings is 1. The van der Waals surface area contributed by atoms with Gasteiger partial charge in [0.2, 0.25) is 11.7 Å². The number of amides is 1. The third kappa shape index (κ3) is 4.24. The zero-order valence-corrected chi connectivity index (χ0v) is 15.0. The van der Waals surface area contributed by atoms with E-state index in [-0.39, 0.29) is 12.3 Å². The van der Waals surface area contributed by atoms with Crippen molar-refractivity contribution in [2.45, 2.75) is 19.1 Å². The second-order valence-corrected chi connectivity index (χ2v) is 6.11. The molecule has 1 saturated heterocycles. The summed E-state index contributed by atoms with van der Waals surface area (Å²) in [4.78, 5) is 13.9. The van der Waals surface area contributed by atoms with Gasteiger partial charge < -0.3 is 29.3 Å². The van der Waals surface area contributed by atoms with Gasteiger partial charge in [0, 0.05) is 31.5 Å². The van der Waals surface area contributed by atoms with Crippen LogP contribution >= 0.6 is 0 Å². The molecule has 2 rings (SSSR count). The molecule has 0 spiro atoms. The SMILES string of the molecule is COc1cc(/C=C/C(=O)N2CCC(O)(O)C(C)C2)cc(OC)c1OC. The van der Waals surface area contributed by atoms with Gasteiger partial charge in [-0.2, -0.15) is 0 Å². The third-order valence-corrected chi connectivity index (χ3v) is 4.45. The topological polar surface area (TPSA) is 88.5 Å². The van der Waals surface area contributed by atoms with Gasteiger partial charge in [-0.3, -0.25) is 4.79 Å². The number of likely N-dealkylation sites (tertiary alicyclic amines) is 1. The number of benzene rings is 1. The summed E-state index contributed by atoms with van der Waals surface area (Å²) in [5.41, 5.74) is 0.728. The van der Waals surface area contributed by atoms with E-state index in [1.54, 1.807) is 30.0 Å². The van der Waals surface area contributed by atoms with Crippen LogP contribution < -0.4 is 14.2 Å². The van der Waals surface area contributed by atoms with Gasteiger partial charge in [-0.25, -0.2) is 0 Å². The highest BCUT2D eigenvalue weighted by Gasteiger charge is 2.37. The fraction of sp³-hybridized carbons (Fsp3) is 0.500. The lowest BCUT2D eigenvalue weighted by Crippen LogP contribution is -2.52. The minimum Gasteiger partial charge on any atom is -0.493 e. The first kappa shape index (κ1) is 19.1. The van der Waals surface area contributed by atoms with E-state index in [0.717, 1.165) is 5.56 Å². The van der Waals surface area contributed by atoms with E-state index in [2.05, 4.69) is 0 Å². The molecule has 1 heterocycles. The standard InChI is InChI=1S/C18H25NO6/c1-12-11-19(8-7-18(12,21)22)16(20)6-5-13-9-14(23-2)17(25-4)15(10-13)24-3/h5-6,9-10,12,21-22H,7-8,11H2,1-4H3/b6-5+. The highest BCUT2D eigenvalue weighted by Crippen LogP contribution is 2.38. The smallest absolute Gasteiger partial charge is 0.246 e. The molecule has 138 valence electrons. The van der Waals surface area contributed by atoms with Crippen LogP contribution in [0.15, 0.2) is 18.2 Å². The minimum absolute atomic E-state index is 0.137. The van der Waals surface area contributed by atoms with Crippen molar-refractivity contribution in [3.05, 3.63) is 23.8 Å². The Bertz CT molecular complexity index is 630. The lowest BCUT2D eigenvalue weighted by atomic mass is 9.92. The van der Waals surface area contributed by atoms with Crippen molar-refractivity contribution in [2.24, 2.45) is 5.92 Å². The van der Waals surface area contributed by atoms with Crippen LogP contribution in [-0.2, 0) is 4.79 Å². The Morgan fingerprint density at radius 3 is 2.28 bits per heavy atom.